The Kier molecular flexibility index (Phi) is 10.1. The molecule has 0 radical (unpaired) electrons. The maximum atomic E-state index is 13.6. The van der Waals surface area contributed by atoms with E-state index in [0.29, 0.717) is 35.7 Å². The van der Waals surface area contributed by atoms with E-state index in [0.717, 1.165) is 43.6 Å². The number of carbonyl (C=O) groups is 1. The molecule has 10 heteroatoms. The molecule has 1 fully saturated rings. The summed E-state index contributed by atoms with van der Waals surface area (Å²) in [7, 11) is 5.99. The Morgan fingerprint density at radius 1 is 1.15 bits per heavy atom. The van der Waals surface area contributed by atoms with E-state index in [4.69, 9.17) is 16.5 Å². The molecule has 1 atom stereocenters. The summed E-state index contributed by atoms with van der Waals surface area (Å²) in [5.74, 6) is 2.34. The highest BCUT2D eigenvalue weighted by molar-refractivity contribution is 5.84. The van der Waals surface area contributed by atoms with Gasteiger partial charge in [-0.05, 0) is 38.9 Å². The molecule has 10 nitrogen and oxygen atoms in total. The van der Waals surface area contributed by atoms with Crippen LogP contribution >= 0.6 is 0 Å². The number of benzene rings is 1. The number of aromatic nitrogens is 4. The van der Waals surface area contributed by atoms with Crippen LogP contribution in [-0.4, -0.2) is 64.1 Å². The van der Waals surface area contributed by atoms with Gasteiger partial charge in [0.05, 0.1) is 12.3 Å². The molecule has 1 aliphatic carbocycles. The van der Waals surface area contributed by atoms with E-state index in [1.807, 2.05) is 55.0 Å². The lowest BCUT2D eigenvalue weighted by Crippen LogP contribution is -2.41. The minimum atomic E-state index is -0.430. The first-order valence-electron chi connectivity index (χ1n) is 14.1. The molecule has 40 heavy (non-hydrogen) atoms. The molecular weight excluding hydrogens is 502 g/mol. The normalized spacial score (nSPS) is 14.5. The highest BCUT2D eigenvalue weighted by Gasteiger charge is 2.25. The van der Waals surface area contributed by atoms with E-state index >= 15 is 0 Å². The molecule has 0 saturated heterocycles. The third-order valence-corrected chi connectivity index (χ3v) is 7.36. The third-order valence-electron chi connectivity index (χ3n) is 7.36. The largest absolute Gasteiger partial charge is 0.358 e. The van der Waals surface area contributed by atoms with Crippen LogP contribution in [0.2, 0.25) is 0 Å². The summed E-state index contributed by atoms with van der Waals surface area (Å²) in [6.45, 7) is 11.1. The van der Waals surface area contributed by atoms with Crippen molar-refractivity contribution < 1.29 is 4.79 Å². The predicted molar refractivity (Wildman–Crippen MR) is 159 cm³/mol. The topological polar surface area (TPSA) is 95.6 Å². The summed E-state index contributed by atoms with van der Waals surface area (Å²) < 4.78 is 1.90. The molecule has 1 aliphatic rings. The number of rotatable bonds is 12. The first-order chi connectivity index (χ1) is 19.3. The van der Waals surface area contributed by atoms with Crippen LogP contribution in [0.3, 0.4) is 0 Å². The van der Waals surface area contributed by atoms with Gasteiger partial charge in [0, 0.05) is 38.9 Å². The maximum Gasteiger partial charge on any atom is 0.242 e. The van der Waals surface area contributed by atoms with Crippen molar-refractivity contribution >= 4 is 23.4 Å². The molecule has 2 aromatic heterocycles. The van der Waals surface area contributed by atoms with Crippen LogP contribution in [-0.2, 0) is 17.9 Å². The van der Waals surface area contributed by atoms with E-state index in [1.165, 1.54) is 19.3 Å². The minimum absolute atomic E-state index is 0.0544. The van der Waals surface area contributed by atoms with Gasteiger partial charge in [-0.25, -0.2) is 9.83 Å². The molecule has 1 aromatic carbocycles. The Bertz CT molecular complexity index is 1290. The number of hydrogen-bond acceptors (Lipinski definition) is 7. The van der Waals surface area contributed by atoms with Crippen LogP contribution < -0.4 is 15.5 Å². The average Bonchev–Trinajstić information content (AvgIpc) is 3.43. The van der Waals surface area contributed by atoms with Gasteiger partial charge in [0.25, 0.3) is 0 Å². The number of nitrogens with one attached hydrogen (secondary N) is 2. The number of nitrogens with zero attached hydrogens (tertiary/aromatic N) is 7. The maximum absolute atomic E-state index is 13.6. The zero-order valence-electron chi connectivity index (χ0n) is 24.1. The molecule has 0 bridgehead atoms. The average molecular weight is 544 g/mol. The Labute approximate surface area is 237 Å². The molecular formula is C30H41N9O. The second-order valence-corrected chi connectivity index (χ2v) is 10.9. The Morgan fingerprint density at radius 3 is 2.58 bits per heavy atom. The lowest BCUT2D eigenvalue weighted by molar-refractivity contribution is -0.122. The Hall–Kier alpha value is -3.97. The Morgan fingerprint density at radius 2 is 1.90 bits per heavy atom. The smallest absolute Gasteiger partial charge is 0.242 e. The highest BCUT2D eigenvalue weighted by Crippen LogP contribution is 2.29. The van der Waals surface area contributed by atoms with Crippen LogP contribution in [0, 0.1) is 12.5 Å². The van der Waals surface area contributed by atoms with Gasteiger partial charge in [0.2, 0.25) is 11.9 Å². The van der Waals surface area contributed by atoms with Crippen LogP contribution in [0.1, 0.15) is 56.7 Å². The van der Waals surface area contributed by atoms with Crippen molar-refractivity contribution in [3.63, 3.8) is 0 Å². The number of imidazole rings is 1. The van der Waals surface area contributed by atoms with Crippen molar-refractivity contribution in [2.24, 2.45) is 5.92 Å². The zero-order chi connectivity index (χ0) is 28.5. The van der Waals surface area contributed by atoms with Crippen LogP contribution in [0.25, 0.3) is 10.7 Å². The number of hydrogen-bond donors (Lipinski definition) is 2. The van der Waals surface area contributed by atoms with Crippen LogP contribution in [0.15, 0.2) is 42.9 Å². The summed E-state index contributed by atoms with van der Waals surface area (Å²) in [6, 6.07) is 8.78. The van der Waals surface area contributed by atoms with E-state index in [1.54, 1.807) is 18.5 Å². The monoisotopic (exact) mass is 543 g/mol. The lowest BCUT2D eigenvalue weighted by Gasteiger charge is -2.27. The van der Waals surface area contributed by atoms with Crippen molar-refractivity contribution in [1.82, 2.24) is 29.7 Å². The van der Waals surface area contributed by atoms with Gasteiger partial charge in [0.15, 0.2) is 5.69 Å². The van der Waals surface area contributed by atoms with Crippen molar-refractivity contribution in [3.8, 4) is 5.82 Å². The standard InChI is InChI=1S/C30H41N9O/c1-6-38(5)30-35-27(17-28(36-30)39-20-25(33-21-39)19-37(3)4)34-26(16-22-10-8-7-9-11-22)29(40)32-18-23-12-14-24(31-2)15-13-23/h12-15,17,20-22,26H,6-11,16,18-19H2,1,3-5H3,(H,32,40)(H,34,35,36)/t26-/m1/s1. The predicted octanol–water partition coefficient (Wildman–Crippen LogP) is 4.80. The zero-order valence-corrected chi connectivity index (χ0v) is 24.1. The quantitative estimate of drug-likeness (QED) is 0.317. The number of anilines is 2. The van der Waals surface area contributed by atoms with E-state index in [-0.39, 0.29) is 5.91 Å². The minimum Gasteiger partial charge on any atom is -0.358 e. The molecule has 0 spiro atoms. The molecule has 212 valence electrons. The Balaban J connectivity index is 1.57. The summed E-state index contributed by atoms with van der Waals surface area (Å²) >= 11 is 0. The number of amides is 1. The van der Waals surface area contributed by atoms with Crippen molar-refractivity contribution in [1.29, 1.82) is 0 Å². The third kappa shape index (κ3) is 8.02. The van der Waals surface area contributed by atoms with Crippen molar-refractivity contribution in [2.75, 3.05) is 37.9 Å². The summed E-state index contributed by atoms with van der Waals surface area (Å²) in [6.07, 6.45) is 10.5. The fourth-order valence-electron chi connectivity index (χ4n) is 5.00. The van der Waals surface area contributed by atoms with Crippen molar-refractivity contribution in [3.05, 3.63) is 65.5 Å². The SMILES string of the molecule is [C-]#[N+]c1ccc(CNC(=O)[C@@H](CC2CCCCC2)Nc2cc(-n3cnc(CN(C)C)c3)nc(N(C)CC)n2)cc1. The summed E-state index contributed by atoms with van der Waals surface area (Å²) in [5, 5.41) is 6.59. The molecule has 1 amide bonds. The summed E-state index contributed by atoms with van der Waals surface area (Å²) in [4.78, 5) is 35.2. The lowest BCUT2D eigenvalue weighted by atomic mass is 9.84. The first-order valence-corrected chi connectivity index (χ1v) is 14.1. The highest BCUT2D eigenvalue weighted by atomic mass is 16.2. The first kappa shape index (κ1) is 29.0. The van der Waals surface area contributed by atoms with Gasteiger partial charge in [-0.2, -0.15) is 9.97 Å². The van der Waals surface area contributed by atoms with Gasteiger partial charge in [-0.1, -0.05) is 56.4 Å². The van der Waals surface area contributed by atoms with Gasteiger partial charge in [-0.3, -0.25) is 9.36 Å². The van der Waals surface area contributed by atoms with Crippen LogP contribution in [0.5, 0.6) is 0 Å². The molecule has 2 heterocycles. The molecule has 0 aliphatic heterocycles. The fraction of sp³-hybridized carbons (Fsp3) is 0.500. The molecule has 3 aromatic rings. The number of carbonyl (C=O) groups excluding carboxylic acids is 1. The van der Waals surface area contributed by atoms with Gasteiger partial charge >= 0.3 is 0 Å². The molecule has 4 rings (SSSR count). The van der Waals surface area contributed by atoms with E-state index < -0.39 is 6.04 Å². The van der Waals surface area contributed by atoms with E-state index in [9.17, 15) is 4.79 Å². The second kappa shape index (κ2) is 13.9. The fourth-order valence-corrected chi connectivity index (χ4v) is 5.00. The van der Waals surface area contributed by atoms with Gasteiger partial charge < -0.3 is 20.4 Å². The van der Waals surface area contributed by atoms with Gasteiger partial charge in [0.1, 0.15) is 24.0 Å². The van der Waals surface area contributed by atoms with Crippen LogP contribution in [0.4, 0.5) is 17.5 Å². The molecule has 2 N–H and O–H groups in total. The molecule has 1 saturated carbocycles. The molecule has 0 unspecified atom stereocenters. The second-order valence-electron chi connectivity index (χ2n) is 10.9. The van der Waals surface area contributed by atoms with Crippen molar-refractivity contribution in [2.45, 2.75) is 64.6 Å². The van der Waals surface area contributed by atoms with E-state index in [2.05, 4.69) is 32.3 Å². The van der Waals surface area contributed by atoms with Gasteiger partial charge in [-0.15, -0.1) is 0 Å². The summed E-state index contributed by atoms with van der Waals surface area (Å²) in [5.41, 5.74) is 2.50.